The molecule has 1 unspecified atom stereocenters. The third-order valence-electron chi connectivity index (χ3n) is 5.68. The molecular weight excluding hydrogens is 364 g/mol. The van der Waals surface area contributed by atoms with Crippen molar-refractivity contribution in [3.8, 4) is 0 Å². The normalized spacial score (nSPS) is 16.3. The predicted molar refractivity (Wildman–Crippen MR) is 114 cm³/mol. The topological polar surface area (TPSA) is 81.2 Å². The number of pyridine rings is 1. The zero-order valence-corrected chi connectivity index (χ0v) is 16.8. The minimum absolute atomic E-state index is 0.118. The smallest absolute Gasteiger partial charge is 0.255 e. The Morgan fingerprint density at radius 1 is 1.28 bits per heavy atom. The van der Waals surface area contributed by atoms with Crippen molar-refractivity contribution in [2.75, 3.05) is 19.6 Å². The van der Waals surface area contributed by atoms with Crippen molar-refractivity contribution in [1.29, 1.82) is 0 Å². The predicted octanol–water partition coefficient (Wildman–Crippen LogP) is 3.05. The lowest BCUT2D eigenvalue weighted by Gasteiger charge is -2.17. The molecule has 0 radical (unpaired) electrons. The second-order valence-corrected chi connectivity index (χ2v) is 7.86. The van der Waals surface area contributed by atoms with Crippen LogP contribution in [0.15, 0.2) is 48.9 Å². The number of carbonyl (C=O) groups is 1. The Kier molecular flexibility index (Phi) is 5.92. The number of hydrogen-bond donors (Lipinski definition) is 3. The molecule has 152 valence electrons. The molecule has 3 N–H and O–H groups in total. The Labute approximate surface area is 171 Å². The van der Waals surface area contributed by atoms with Crippen molar-refractivity contribution >= 4 is 16.8 Å². The number of amides is 1. The lowest BCUT2D eigenvalue weighted by atomic mass is 10.0. The first-order valence-corrected chi connectivity index (χ1v) is 10.3. The molecule has 0 aliphatic carbocycles. The maximum Gasteiger partial charge on any atom is 0.255 e. The summed E-state index contributed by atoms with van der Waals surface area (Å²) < 4.78 is 0. The van der Waals surface area contributed by atoms with E-state index in [1.165, 1.54) is 5.56 Å². The molecule has 1 saturated heterocycles. The summed E-state index contributed by atoms with van der Waals surface area (Å²) in [4.78, 5) is 22.2. The number of H-pyrrole nitrogens is 1. The highest BCUT2D eigenvalue weighted by molar-refractivity contribution is 6.06. The fraction of sp³-hybridized carbons (Fsp3) is 0.391. The number of aliphatic hydroxyl groups excluding tert-OH is 1. The monoisotopic (exact) mass is 392 g/mol. The first-order chi connectivity index (χ1) is 14.1. The van der Waals surface area contributed by atoms with E-state index in [2.05, 4.69) is 28.3 Å². The number of fused-ring (bicyclic) bond motifs is 1. The molecule has 1 fully saturated rings. The summed E-state index contributed by atoms with van der Waals surface area (Å²) in [5.41, 5.74) is 3.65. The molecule has 29 heavy (non-hydrogen) atoms. The Bertz CT molecular complexity index is 963. The summed E-state index contributed by atoms with van der Waals surface area (Å²) in [6.45, 7) is 4.27. The van der Waals surface area contributed by atoms with Gasteiger partial charge in [0.2, 0.25) is 0 Å². The average Bonchev–Trinajstić information content (AvgIpc) is 3.43. The van der Waals surface area contributed by atoms with Crippen molar-refractivity contribution in [2.24, 2.45) is 0 Å². The van der Waals surface area contributed by atoms with E-state index in [4.69, 9.17) is 0 Å². The molecule has 0 saturated carbocycles. The number of para-hydroxylation sites is 1. The molecule has 4 rings (SSSR count). The van der Waals surface area contributed by atoms with E-state index >= 15 is 0 Å². The van der Waals surface area contributed by atoms with Gasteiger partial charge in [0, 0.05) is 55.2 Å². The molecule has 1 aromatic carbocycles. The van der Waals surface area contributed by atoms with Crippen LogP contribution in [0.25, 0.3) is 10.9 Å². The van der Waals surface area contributed by atoms with Gasteiger partial charge in [0.05, 0.1) is 17.2 Å². The number of aliphatic hydroxyl groups is 1. The number of aromatic amines is 1. The van der Waals surface area contributed by atoms with Gasteiger partial charge in [-0.05, 0) is 43.9 Å². The zero-order chi connectivity index (χ0) is 20.2. The summed E-state index contributed by atoms with van der Waals surface area (Å²) >= 11 is 0. The van der Waals surface area contributed by atoms with Crippen LogP contribution in [0.2, 0.25) is 0 Å². The Balaban J connectivity index is 1.43. The number of benzene rings is 1. The van der Waals surface area contributed by atoms with Crippen LogP contribution in [0, 0.1) is 0 Å². The summed E-state index contributed by atoms with van der Waals surface area (Å²) in [7, 11) is 0. The van der Waals surface area contributed by atoms with Crippen molar-refractivity contribution < 1.29 is 9.90 Å². The maximum atomic E-state index is 12.9. The second kappa shape index (κ2) is 8.76. The van der Waals surface area contributed by atoms with Crippen LogP contribution in [-0.2, 0) is 6.42 Å². The van der Waals surface area contributed by atoms with Gasteiger partial charge < -0.3 is 20.3 Å². The number of likely N-dealkylation sites (tertiary alicyclic amines) is 1. The first-order valence-electron chi connectivity index (χ1n) is 10.3. The van der Waals surface area contributed by atoms with Crippen LogP contribution in [0.4, 0.5) is 0 Å². The van der Waals surface area contributed by atoms with E-state index in [9.17, 15) is 9.90 Å². The van der Waals surface area contributed by atoms with Crippen LogP contribution in [0.3, 0.4) is 0 Å². The van der Waals surface area contributed by atoms with Gasteiger partial charge in [-0.2, -0.15) is 0 Å². The molecule has 1 aliphatic rings. The quantitative estimate of drug-likeness (QED) is 0.577. The largest absolute Gasteiger partial charge is 0.387 e. The van der Waals surface area contributed by atoms with Gasteiger partial charge in [-0.15, -0.1) is 0 Å². The van der Waals surface area contributed by atoms with Gasteiger partial charge >= 0.3 is 0 Å². The number of rotatable bonds is 7. The minimum atomic E-state index is -0.584. The highest BCUT2D eigenvalue weighted by Crippen LogP contribution is 2.25. The number of carbonyl (C=O) groups excluding carboxylic acids is 1. The summed E-state index contributed by atoms with van der Waals surface area (Å²) in [6.07, 6.45) is 7.79. The zero-order valence-electron chi connectivity index (χ0n) is 16.8. The highest BCUT2D eigenvalue weighted by atomic mass is 16.3. The Morgan fingerprint density at radius 2 is 2.10 bits per heavy atom. The third-order valence-corrected chi connectivity index (χ3v) is 5.68. The van der Waals surface area contributed by atoms with Crippen molar-refractivity contribution in [3.05, 3.63) is 65.6 Å². The fourth-order valence-electron chi connectivity index (χ4n) is 4.06. The number of hydrogen-bond acceptors (Lipinski definition) is 4. The Hall–Kier alpha value is -2.70. The maximum absolute atomic E-state index is 12.9. The molecule has 3 aromatic rings. The van der Waals surface area contributed by atoms with Gasteiger partial charge in [0.25, 0.3) is 5.91 Å². The SMILES string of the molecule is C[C@H](Cc1c[nH]c2c(C(=O)N3CCCC3)cccc12)NCC(O)c1cccnc1. The minimum Gasteiger partial charge on any atom is -0.387 e. The van der Waals surface area contributed by atoms with E-state index in [1.54, 1.807) is 12.4 Å². The average molecular weight is 393 g/mol. The Morgan fingerprint density at radius 3 is 2.86 bits per heavy atom. The number of aromatic nitrogens is 2. The van der Waals surface area contributed by atoms with E-state index in [0.29, 0.717) is 6.54 Å². The van der Waals surface area contributed by atoms with Crippen LogP contribution in [-0.4, -0.2) is 51.6 Å². The molecular formula is C23H28N4O2. The van der Waals surface area contributed by atoms with E-state index < -0.39 is 6.10 Å². The van der Waals surface area contributed by atoms with Crippen molar-refractivity contribution in [3.63, 3.8) is 0 Å². The molecule has 6 heteroatoms. The van der Waals surface area contributed by atoms with Crippen molar-refractivity contribution in [1.82, 2.24) is 20.2 Å². The molecule has 2 aromatic heterocycles. The van der Waals surface area contributed by atoms with Crippen LogP contribution < -0.4 is 5.32 Å². The van der Waals surface area contributed by atoms with Gasteiger partial charge in [-0.3, -0.25) is 9.78 Å². The van der Waals surface area contributed by atoms with Crippen LogP contribution in [0.5, 0.6) is 0 Å². The summed E-state index contributed by atoms with van der Waals surface area (Å²) in [5.74, 6) is 0.118. The van der Waals surface area contributed by atoms with Gasteiger partial charge in [0.1, 0.15) is 0 Å². The molecule has 3 heterocycles. The van der Waals surface area contributed by atoms with E-state index in [0.717, 1.165) is 54.4 Å². The second-order valence-electron chi connectivity index (χ2n) is 7.86. The number of nitrogens with one attached hydrogen (secondary N) is 2. The van der Waals surface area contributed by atoms with Crippen LogP contribution >= 0.6 is 0 Å². The highest BCUT2D eigenvalue weighted by Gasteiger charge is 2.22. The van der Waals surface area contributed by atoms with E-state index in [1.807, 2.05) is 35.4 Å². The molecule has 0 spiro atoms. The van der Waals surface area contributed by atoms with Gasteiger partial charge in [-0.25, -0.2) is 0 Å². The first kappa shape index (κ1) is 19.6. The van der Waals surface area contributed by atoms with Crippen molar-refractivity contribution in [2.45, 2.75) is 38.3 Å². The fourth-order valence-corrected chi connectivity index (χ4v) is 4.06. The van der Waals surface area contributed by atoms with Gasteiger partial charge in [-0.1, -0.05) is 18.2 Å². The summed E-state index contributed by atoms with van der Waals surface area (Å²) in [6, 6.07) is 9.83. The standard InChI is InChI=1S/C23H28N4O2/c1-16(25-15-21(28)17-6-5-9-24-13-17)12-18-14-26-22-19(18)7-4-8-20(22)23(29)27-10-2-3-11-27/h4-9,13-14,16,21,25-26,28H,2-3,10-12,15H2,1H3/t16-,21?/m1/s1. The molecule has 6 nitrogen and oxygen atoms in total. The summed E-state index contributed by atoms with van der Waals surface area (Å²) in [5, 5.41) is 14.8. The van der Waals surface area contributed by atoms with Gasteiger partial charge in [0.15, 0.2) is 0 Å². The molecule has 1 aliphatic heterocycles. The lowest BCUT2D eigenvalue weighted by molar-refractivity contribution is 0.0794. The molecule has 2 atom stereocenters. The molecule has 1 amide bonds. The number of nitrogens with zero attached hydrogens (tertiary/aromatic N) is 2. The third kappa shape index (κ3) is 4.33. The van der Waals surface area contributed by atoms with Crippen LogP contribution in [0.1, 0.15) is 47.4 Å². The lowest BCUT2D eigenvalue weighted by Crippen LogP contribution is -2.32. The van der Waals surface area contributed by atoms with E-state index in [-0.39, 0.29) is 11.9 Å². The molecule has 0 bridgehead atoms.